The fourth-order valence-electron chi connectivity index (χ4n) is 0.714. The lowest BCUT2D eigenvalue weighted by Crippen LogP contribution is -1.95. The predicted molar refractivity (Wildman–Crippen MR) is 33.6 cm³/mol. The number of cyclic esters (lactones) is 1. The van der Waals surface area contributed by atoms with Gasteiger partial charge >= 0.3 is 5.97 Å². The van der Waals surface area contributed by atoms with E-state index >= 15 is 0 Å². The van der Waals surface area contributed by atoms with Gasteiger partial charge in [0.1, 0.15) is 5.76 Å². The number of esters is 1. The highest BCUT2D eigenvalue weighted by atomic mass is 16.5. The van der Waals surface area contributed by atoms with Gasteiger partial charge < -0.3 is 4.74 Å². The molecule has 0 aliphatic carbocycles. The molecule has 0 aromatic heterocycles. The van der Waals surface area contributed by atoms with Crippen molar-refractivity contribution >= 4 is 5.97 Å². The summed E-state index contributed by atoms with van der Waals surface area (Å²) in [5.41, 5.74) is 0.646. The van der Waals surface area contributed by atoms with Crippen molar-refractivity contribution in [2.24, 2.45) is 0 Å². The standard InChI is InChI=1S/C7H8O2/c1-3-6-4-5(2)9-7(6)8/h3-4H,1-2H3/b6-3-. The molecule has 9 heavy (non-hydrogen) atoms. The molecule has 0 saturated heterocycles. The van der Waals surface area contributed by atoms with Crippen LogP contribution in [0.5, 0.6) is 0 Å². The molecule has 0 atom stereocenters. The van der Waals surface area contributed by atoms with E-state index in [-0.39, 0.29) is 5.97 Å². The van der Waals surface area contributed by atoms with Gasteiger partial charge in [-0.15, -0.1) is 0 Å². The second-order valence-electron chi connectivity index (χ2n) is 1.89. The minimum Gasteiger partial charge on any atom is -0.428 e. The molecule has 0 aromatic carbocycles. The number of ether oxygens (including phenoxy) is 1. The van der Waals surface area contributed by atoms with Gasteiger partial charge in [-0.2, -0.15) is 0 Å². The number of carbonyl (C=O) groups is 1. The molecule has 0 saturated carbocycles. The highest BCUT2D eigenvalue weighted by Gasteiger charge is 2.15. The number of hydrogen-bond donors (Lipinski definition) is 0. The van der Waals surface area contributed by atoms with Crippen LogP contribution in [0.25, 0.3) is 0 Å². The van der Waals surface area contributed by atoms with Gasteiger partial charge in [-0.1, -0.05) is 6.08 Å². The second kappa shape index (κ2) is 2.05. The third kappa shape index (κ3) is 1.02. The van der Waals surface area contributed by atoms with Gasteiger partial charge in [-0.05, 0) is 19.9 Å². The first-order valence-electron chi connectivity index (χ1n) is 2.81. The third-order valence-electron chi connectivity index (χ3n) is 1.16. The maximum atomic E-state index is 10.7. The Morgan fingerprint density at radius 1 is 1.67 bits per heavy atom. The van der Waals surface area contributed by atoms with Crippen LogP contribution in [-0.4, -0.2) is 5.97 Å². The highest BCUT2D eigenvalue weighted by Crippen LogP contribution is 2.14. The van der Waals surface area contributed by atoms with Gasteiger partial charge in [0.2, 0.25) is 0 Å². The zero-order valence-electron chi connectivity index (χ0n) is 5.47. The molecule has 0 bridgehead atoms. The minimum atomic E-state index is -0.241. The van der Waals surface area contributed by atoms with Crippen LogP contribution in [0.15, 0.2) is 23.5 Å². The Balaban J connectivity index is 2.89. The van der Waals surface area contributed by atoms with Crippen molar-refractivity contribution in [1.29, 1.82) is 0 Å². The number of allylic oxidation sites excluding steroid dienone is 2. The van der Waals surface area contributed by atoms with Crippen LogP contribution in [0, 0.1) is 0 Å². The average molecular weight is 124 g/mol. The van der Waals surface area contributed by atoms with Gasteiger partial charge in [0.25, 0.3) is 0 Å². The van der Waals surface area contributed by atoms with Crippen molar-refractivity contribution < 1.29 is 9.53 Å². The number of hydrogen-bond acceptors (Lipinski definition) is 2. The van der Waals surface area contributed by atoms with Crippen molar-refractivity contribution in [3.05, 3.63) is 23.5 Å². The Morgan fingerprint density at radius 2 is 2.33 bits per heavy atom. The summed E-state index contributed by atoms with van der Waals surface area (Å²) in [6.45, 7) is 3.57. The summed E-state index contributed by atoms with van der Waals surface area (Å²) in [6, 6.07) is 0. The smallest absolute Gasteiger partial charge is 0.342 e. The largest absolute Gasteiger partial charge is 0.428 e. The quantitative estimate of drug-likeness (QED) is 0.360. The summed E-state index contributed by atoms with van der Waals surface area (Å²) < 4.78 is 4.72. The summed E-state index contributed by atoms with van der Waals surface area (Å²) in [6.07, 6.45) is 3.46. The van der Waals surface area contributed by atoms with E-state index in [0.717, 1.165) is 0 Å². The van der Waals surface area contributed by atoms with Crippen molar-refractivity contribution in [3.63, 3.8) is 0 Å². The van der Waals surface area contributed by atoms with Gasteiger partial charge in [0, 0.05) is 0 Å². The molecule has 0 fully saturated rings. The molecule has 48 valence electrons. The van der Waals surface area contributed by atoms with Gasteiger partial charge in [-0.3, -0.25) is 0 Å². The molecule has 1 heterocycles. The maximum Gasteiger partial charge on any atom is 0.342 e. The van der Waals surface area contributed by atoms with Crippen LogP contribution in [0.2, 0.25) is 0 Å². The summed E-state index contributed by atoms with van der Waals surface area (Å²) >= 11 is 0. The molecule has 0 N–H and O–H groups in total. The minimum absolute atomic E-state index is 0.241. The van der Waals surface area contributed by atoms with Gasteiger partial charge in [0.15, 0.2) is 0 Å². The van der Waals surface area contributed by atoms with Crippen molar-refractivity contribution in [3.8, 4) is 0 Å². The van der Waals surface area contributed by atoms with Crippen LogP contribution in [0.4, 0.5) is 0 Å². The maximum absolute atomic E-state index is 10.7. The molecule has 2 nitrogen and oxygen atoms in total. The van der Waals surface area contributed by atoms with Crippen LogP contribution < -0.4 is 0 Å². The summed E-state index contributed by atoms with van der Waals surface area (Å²) in [5, 5.41) is 0. The fourth-order valence-corrected chi connectivity index (χ4v) is 0.714. The molecule has 0 amide bonds. The highest BCUT2D eigenvalue weighted by molar-refractivity contribution is 5.94. The normalized spacial score (nSPS) is 22.2. The lowest BCUT2D eigenvalue weighted by atomic mass is 10.2. The zero-order chi connectivity index (χ0) is 6.85. The summed E-state index contributed by atoms with van der Waals surface area (Å²) in [7, 11) is 0. The second-order valence-corrected chi connectivity index (χ2v) is 1.89. The Hall–Kier alpha value is -1.05. The molecule has 2 heteroatoms. The van der Waals surface area contributed by atoms with E-state index in [1.54, 1.807) is 19.1 Å². The van der Waals surface area contributed by atoms with E-state index in [1.165, 1.54) is 0 Å². The molecule has 0 radical (unpaired) electrons. The molecular formula is C7H8O2. The first-order valence-corrected chi connectivity index (χ1v) is 2.81. The van der Waals surface area contributed by atoms with E-state index < -0.39 is 0 Å². The molecule has 1 aliphatic heterocycles. The Kier molecular flexibility index (Phi) is 1.39. The lowest BCUT2D eigenvalue weighted by molar-refractivity contribution is -0.133. The van der Waals surface area contributed by atoms with E-state index in [1.807, 2.05) is 6.92 Å². The van der Waals surface area contributed by atoms with E-state index in [9.17, 15) is 4.79 Å². The van der Waals surface area contributed by atoms with Crippen molar-refractivity contribution in [2.45, 2.75) is 13.8 Å². The van der Waals surface area contributed by atoms with E-state index in [2.05, 4.69) is 0 Å². The van der Waals surface area contributed by atoms with Crippen LogP contribution in [0.1, 0.15) is 13.8 Å². The molecule has 0 spiro atoms. The van der Waals surface area contributed by atoms with E-state index in [4.69, 9.17) is 4.74 Å². The first-order chi connectivity index (χ1) is 4.24. The monoisotopic (exact) mass is 124 g/mol. The van der Waals surface area contributed by atoms with Crippen molar-refractivity contribution in [2.75, 3.05) is 0 Å². The Morgan fingerprint density at radius 3 is 2.56 bits per heavy atom. The zero-order valence-corrected chi connectivity index (χ0v) is 5.47. The molecule has 1 rings (SSSR count). The van der Waals surface area contributed by atoms with Gasteiger partial charge in [-0.25, -0.2) is 4.79 Å². The van der Waals surface area contributed by atoms with E-state index in [0.29, 0.717) is 11.3 Å². The molecular weight excluding hydrogens is 116 g/mol. The van der Waals surface area contributed by atoms with Crippen LogP contribution in [0.3, 0.4) is 0 Å². The molecule has 0 unspecified atom stereocenters. The topological polar surface area (TPSA) is 26.3 Å². The Bertz CT molecular complexity index is 199. The predicted octanol–water partition coefficient (Wildman–Crippen LogP) is 1.39. The van der Waals surface area contributed by atoms with Crippen LogP contribution >= 0.6 is 0 Å². The average Bonchev–Trinajstić information content (AvgIpc) is 2.10. The summed E-state index contributed by atoms with van der Waals surface area (Å²) in [4.78, 5) is 10.7. The third-order valence-corrected chi connectivity index (χ3v) is 1.16. The van der Waals surface area contributed by atoms with Gasteiger partial charge in [0.05, 0.1) is 5.57 Å². The number of carbonyl (C=O) groups excluding carboxylic acids is 1. The fraction of sp³-hybridized carbons (Fsp3) is 0.286. The number of rotatable bonds is 0. The van der Waals surface area contributed by atoms with Crippen molar-refractivity contribution in [1.82, 2.24) is 0 Å². The molecule has 0 aromatic rings. The molecule has 1 aliphatic rings. The SMILES string of the molecule is C/C=C1/C=C(C)OC1=O. The van der Waals surface area contributed by atoms with Crippen LogP contribution in [-0.2, 0) is 9.53 Å². The Labute approximate surface area is 53.8 Å². The first kappa shape index (κ1) is 6.08. The summed E-state index contributed by atoms with van der Waals surface area (Å²) in [5.74, 6) is 0.433. The lowest BCUT2D eigenvalue weighted by Gasteiger charge is -1.89.